The minimum atomic E-state index is -1.02. The molecule has 216 valence electrons. The Morgan fingerprint density at radius 1 is 1.22 bits per heavy atom. The number of fused-ring (bicyclic) bond motifs is 1. The smallest absolute Gasteiger partial charge is 0.275 e. The lowest BCUT2D eigenvalue weighted by atomic mass is 9.80. The van der Waals surface area contributed by atoms with Crippen LogP contribution < -0.4 is 10.1 Å². The summed E-state index contributed by atoms with van der Waals surface area (Å²) in [6.45, 7) is 2.74. The minimum absolute atomic E-state index is 0.0303. The fourth-order valence-corrected chi connectivity index (χ4v) is 7.00. The summed E-state index contributed by atoms with van der Waals surface area (Å²) < 4.78 is 18.9. The molecule has 6 rings (SSSR count). The number of piperazine rings is 1. The number of carbonyl (C=O) groups is 1. The third-order valence-electron chi connectivity index (χ3n) is 8.39. The van der Waals surface area contributed by atoms with Gasteiger partial charge in [0.15, 0.2) is 5.69 Å². The van der Waals surface area contributed by atoms with Crippen molar-refractivity contribution in [3.63, 3.8) is 0 Å². The molecule has 3 heterocycles. The molecular formula is C31H37N5O4S. The maximum absolute atomic E-state index is 14.2. The van der Waals surface area contributed by atoms with E-state index in [9.17, 15) is 9.90 Å². The Morgan fingerprint density at radius 3 is 2.95 bits per heavy atom. The first-order valence-electron chi connectivity index (χ1n) is 14.4. The predicted molar refractivity (Wildman–Crippen MR) is 159 cm³/mol. The van der Waals surface area contributed by atoms with Crippen molar-refractivity contribution >= 4 is 27.5 Å². The Hall–Kier alpha value is -3.31. The second-order valence-corrected chi connectivity index (χ2v) is 11.9. The normalized spacial score (nSPS) is 23.1. The Morgan fingerprint density at radius 2 is 2.10 bits per heavy atom. The summed E-state index contributed by atoms with van der Waals surface area (Å²) in [4.78, 5) is 20.9. The molecule has 1 saturated heterocycles. The molecule has 0 spiro atoms. The highest BCUT2D eigenvalue weighted by Gasteiger charge is 2.42. The number of amides is 1. The highest BCUT2D eigenvalue weighted by atomic mass is 32.1. The van der Waals surface area contributed by atoms with E-state index in [1.165, 1.54) is 11.5 Å². The van der Waals surface area contributed by atoms with Crippen molar-refractivity contribution in [3.05, 3.63) is 66.7 Å². The summed E-state index contributed by atoms with van der Waals surface area (Å²) in [5.74, 6) is 0.718. The van der Waals surface area contributed by atoms with E-state index in [4.69, 9.17) is 14.5 Å². The second-order valence-electron chi connectivity index (χ2n) is 11.0. The van der Waals surface area contributed by atoms with E-state index < -0.39 is 5.60 Å². The van der Waals surface area contributed by atoms with E-state index in [-0.39, 0.29) is 24.6 Å². The number of ether oxygens (including phenoxy) is 2. The van der Waals surface area contributed by atoms with Crippen molar-refractivity contribution in [2.24, 2.45) is 0 Å². The van der Waals surface area contributed by atoms with Gasteiger partial charge in [-0.25, -0.2) is 4.98 Å². The number of nitrogens with zero attached hydrogens (tertiary/aromatic N) is 4. The highest BCUT2D eigenvalue weighted by Crippen LogP contribution is 2.41. The van der Waals surface area contributed by atoms with Crippen molar-refractivity contribution < 1.29 is 19.4 Å². The number of imidazole rings is 1. The first-order valence-corrected chi connectivity index (χ1v) is 15.2. The Labute approximate surface area is 244 Å². The third kappa shape index (κ3) is 5.74. The Bertz CT molecular complexity index is 1470. The lowest BCUT2D eigenvalue weighted by molar-refractivity contribution is -0.0893. The van der Waals surface area contributed by atoms with Gasteiger partial charge in [-0.15, -0.1) is 0 Å². The topological polar surface area (TPSA) is 102 Å². The number of rotatable bonds is 9. The molecular weight excluding hydrogens is 538 g/mol. The van der Waals surface area contributed by atoms with Gasteiger partial charge in [-0.1, -0.05) is 43.2 Å². The van der Waals surface area contributed by atoms with Gasteiger partial charge in [-0.05, 0) is 42.6 Å². The molecule has 2 aromatic carbocycles. The molecule has 0 radical (unpaired) electrons. The third-order valence-corrected chi connectivity index (χ3v) is 9.15. The molecule has 9 nitrogen and oxygen atoms in total. The van der Waals surface area contributed by atoms with Crippen LogP contribution in [0.3, 0.4) is 0 Å². The standard InChI is InChI=1S/C31H37N5O4S/c1-39-20-31(38)13-6-5-9-27(31)36-21-33-28(29(36)22-7-3-2-4-8-22)30(37)35-15-14-32-19-24(35)12-16-40-25-11-10-23-18-34-41-26(23)17-25/h2-4,7-8,10-11,17-18,21,24,27,32,38H,5-6,9,12-16,19-20H2,1H3/t24-,27-,31-/m1/s1. The van der Waals surface area contributed by atoms with Crippen LogP contribution in [0.4, 0.5) is 0 Å². The summed E-state index contributed by atoms with van der Waals surface area (Å²) >= 11 is 1.45. The van der Waals surface area contributed by atoms with E-state index in [1.807, 2.05) is 64.2 Å². The van der Waals surface area contributed by atoms with Gasteiger partial charge in [0.2, 0.25) is 0 Å². The molecule has 10 heteroatoms. The van der Waals surface area contributed by atoms with E-state index in [1.54, 1.807) is 13.4 Å². The maximum atomic E-state index is 14.2. The van der Waals surface area contributed by atoms with Crippen LogP contribution in [0.5, 0.6) is 5.75 Å². The van der Waals surface area contributed by atoms with Crippen molar-refractivity contribution in [3.8, 4) is 17.0 Å². The van der Waals surface area contributed by atoms with Crippen LogP contribution in [0, 0.1) is 0 Å². The summed E-state index contributed by atoms with van der Waals surface area (Å²) in [5, 5.41) is 16.2. The van der Waals surface area contributed by atoms with Crippen LogP contribution in [0.15, 0.2) is 61.1 Å². The van der Waals surface area contributed by atoms with Gasteiger partial charge in [0.25, 0.3) is 5.91 Å². The molecule has 2 aromatic heterocycles. The van der Waals surface area contributed by atoms with Crippen molar-refractivity contribution in [1.82, 2.24) is 24.1 Å². The number of aromatic nitrogens is 3. The number of hydrogen-bond donors (Lipinski definition) is 2. The van der Waals surface area contributed by atoms with Crippen LogP contribution in [0.2, 0.25) is 0 Å². The van der Waals surface area contributed by atoms with Crippen molar-refractivity contribution in [2.45, 2.75) is 49.8 Å². The molecule has 2 aliphatic rings. The molecule has 0 unspecified atom stereocenters. The number of nitrogens with one attached hydrogen (secondary N) is 1. The zero-order chi connectivity index (χ0) is 28.2. The van der Waals surface area contributed by atoms with Gasteiger partial charge in [-0.3, -0.25) is 4.79 Å². The van der Waals surface area contributed by atoms with E-state index in [0.29, 0.717) is 38.2 Å². The SMILES string of the molecule is COC[C@]1(O)CCCC[C@H]1n1cnc(C(=O)N2CCNC[C@H]2CCOc2ccc3cnsc3c2)c1-c1ccccc1. The molecule has 2 fully saturated rings. The molecule has 1 aliphatic carbocycles. The highest BCUT2D eigenvalue weighted by molar-refractivity contribution is 7.13. The number of carbonyl (C=O) groups excluding carboxylic acids is 1. The van der Waals surface area contributed by atoms with Crippen molar-refractivity contribution in [2.75, 3.05) is 40.0 Å². The summed E-state index contributed by atoms with van der Waals surface area (Å²) in [7, 11) is 1.62. The number of aliphatic hydroxyl groups is 1. The average molecular weight is 576 g/mol. The number of methoxy groups -OCH3 is 1. The Balaban J connectivity index is 1.25. The monoisotopic (exact) mass is 575 g/mol. The quantitative estimate of drug-likeness (QED) is 0.302. The summed E-state index contributed by atoms with van der Waals surface area (Å²) in [5.41, 5.74) is 1.06. The van der Waals surface area contributed by atoms with Gasteiger partial charge in [0.1, 0.15) is 11.4 Å². The first kappa shape index (κ1) is 27.8. The van der Waals surface area contributed by atoms with E-state index >= 15 is 0 Å². The van der Waals surface area contributed by atoms with Gasteiger partial charge >= 0.3 is 0 Å². The molecule has 4 aromatic rings. The molecule has 2 N–H and O–H groups in total. The molecule has 1 amide bonds. The molecule has 1 aliphatic heterocycles. The van der Waals surface area contributed by atoms with Gasteiger partial charge in [-0.2, -0.15) is 4.37 Å². The lowest BCUT2D eigenvalue weighted by Gasteiger charge is -2.41. The average Bonchev–Trinajstić information content (AvgIpc) is 3.65. The molecule has 41 heavy (non-hydrogen) atoms. The Kier molecular flexibility index (Phi) is 8.34. The zero-order valence-electron chi connectivity index (χ0n) is 23.4. The maximum Gasteiger partial charge on any atom is 0.275 e. The number of hydrogen-bond acceptors (Lipinski definition) is 8. The van der Waals surface area contributed by atoms with Crippen LogP contribution in [-0.4, -0.2) is 81.4 Å². The predicted octanol–water partition coefficient (Wildman–Crippen LogP) is 4.54. The van der Waals surface area contributed by atoms with E-state index in [0.717, 1.165) is 52.9 Å². The summed E-state index contributed by atoms with van der Waals surface area (Å²) in [6.07, 6.45) is 7.68. The number of benzene rings is 2. The fraction of sp³-hybridized carbons (Fsp3) is 0.452. The second kappa shape index (κ2) is 12.3. The largest absolute Gasteiger partial charge is 0.493 e. The molecule has 0 bridgehead atoms. The van der Waals surface area contributed by atoms with Gasteiger partial charge in [0, 0.05) is 56.4 Å². The minimum Gasteiger partial charge on any atom is -0.493 e. The van der Waals surface area contributed by atoms with Crippen molar-refractivity contribution in [1.29, 1.82) is 0 Å². The summed E-state index contributed by atoms with van der Waals surface area (Å²) in [6, 6.07) is 15.7. The first-order chi connectivity index (χ1) is 20.1. The van der Waals surface area contributed by atoms with Crippen LogP contribution >= 0.6 is 11.5 Å². The van der Waals surface area contributed by atoms with Crippen LogP contribution in [0.25, 0.3) is 21.3 Å². The van der Waals surface area contributed by atoms with Gasteiger partial charge in [0.05, 0.1) is 36.0 Å². The van der Waals surface area contributed by atoms with Crippen LogP contribution in [0.1, 0.15) is 48.6 Å². The zero-order valence-corrected chi connectivity index (χ0v) is 24.2. The molecule has 1 saturated carbocycles. The van der Waals surface area contributed by atoms with Crippen LogP contribution in [-0.2, 0) is 4.74 Å². The lowest BCUT2D eigenvalue weighted by Crippen LogP contribution is -2.54. The molecule has 3 atom stereocenters. The fourth-order valence-electron chi connectivity index (χ4n) is 6.32. The van der Waals surface area contributed by atoms with Gasteiger partial charge < -0.3 is 29.4 Å². The van der Waals surface area contributed by atoms with E-state index in [2.05, 4.69) is 9.69 Å².